The summed E-state index contributed by atoms with van der Waals surface area (Å²) in [5.74, 6) is -0.0267. The second-order valence-corrected chi connectivity index (χ2v) is 10.3. The Morgan fingerprint density at radius 3 is 2.37 bits per heavy atom. The number of nitrogens with one attached hydrogen (secondary N) is 1. The van der Waals surface area contributed by atoms with Gasteiger partial charge in [0.2, 0.25) is 5.91 Å². The average Bonchev–Trinajstić information content (AvgIpc) is 3.10. The van der Waals surface area contributed by atoms with Crippen LogP contribution in [0.25, 0.3) is 17.2 Å². The molecule has 0 aromatic heterocycles. The van der Waals surface area contributed by atoms with Crippen molar-refractivity contribution in [3.63, 3.8) is 0 Å². The van der Waals surface area contributed by atoms with Crippen molar-refractivity contribution < 1.29 is 13.8 Å². The maximum Gasteiger partial charge on any atom is 0.263 e. The minimum absolute atomic E-state index is 0.00323. The summed E-state index contributed by atoms with van der Waals surface area (Å²) in [5, 5.41) is 0. The molecule has 1 aliphatic heterocycles. The molecule has 1 heterocycles. The molecule has 196 valence electrons. The van der Waals surface area contributed by atoms with E-state index >= 15 is 0 Å². The maximum atomic E-state index is 13.2. The van der Waals surface area contributed by atoms with E-state index in [0.29, 0.717) is 47.1 Å². The van der Waals surface area contributed by atoms with E-state index in [9.17, 15) is 13.8 Å². The summed E-state index contributed by atoms with van der Waals surface area (Å²) in [6.45, 7) is 5.53. The molecule has 1 unspecified atom stereocenters. The van der Waals surface area contributed by atoms with Crippen LogP contribution >= 0.6 is 0 Å². The normalized spacial score (nSPS) is 13.4. The van der Waals surface area contributed by atoms with Crippen LogP contribution in [-0.2, 0) is 15.8 Å². The zero-order chi connectivity index (χ0) is 27.1. The van der Waals surface area contributed by atoms with Gasteiger partial charge in [-0.25, -0.2) is 9.20 Å². The van der Waals surface area contributed by atoms with E-state index in [4.69, 9.17) is 5.73 Å². The molecule has 8 heteroatoms. The van der Waals surface area contributed by atoms with Gasteiger partial charge in [-0.15, -0.1) is 0 Å². The molecule has 3 aromatic carbocycles. The number of rotatable bonds is 9. The lowest BCUT2D eigenvalue weighted by molar-refractivity contribution is -0.127. The van der Waals surface area contributed by atoms with Crippen LogP contribution in [0.2, 0.25) is 0 Å². The topological polar surface area (TPSA) is 105 Å². The van der Waals surface area contributed by atoms with Gasteiger partial charge in [0.1, 0.15) is 5.84 Å². The largest absolute Gasteiger partial charge is 0.387 e. The fraction of sp³-hybridized carbons (Fsp3) is 0.233. The first-order valence-corrected chi connectivity index (χ1v) is 13.9. The summed E-state index contributed by atoms with van der Waals surface area (Å²) in [6, 6.07) is 21.6. The third-order valence-corrected chi connectivity index (χ3v) is 7.20. The molecule has 0 radical (unpaired) electrons. The Bertz CT molecular complexity index is 1410. The molecule has 4 rings (SSSR count). The number of hydrogen-bond donors (Lipinski definition) is 2. The van der Waals surface area contributed by atoms with E-state index < -0.39 is 16.9 Å². The second kappa shape index (κ2) is 12.5. The smallest absolute Gasteiger partial charge is 0.263 e. The van der Waals surface area contributed by atoms with E-state index in [1.54, 1.807) is 42.5 Å². The van der Waals surface area contributed by atoms with Gasteiger partial charge in [0.05, 0.1) is 10.6 Å². The number of hydrogen-bond acceptors (Lipinski definition) is 5. The lowest BCUT2D eigenvalue weighted by Gasteiger charge is -2.22. The monoisotopic (exact) mass is 528 g/mol. The van der Waals surface area contributed by atoms with Crippen LogP contribution in [0.3, 0.4) is 0 Å². The summed E-state index contributed by atoms with van der Waals surface area (Å²) in [7, 11) is -1.73. The number of nitrogens with two attached hydrogens (primary N) is 1. The fourth-order valence-corrected chi connectivity index (χ4v) is 5.19. The van der Waals surface area contributed by atoms with Crippen molar-refractivity contribution in [2.24, 2.45) is 10.7 Å². The zero-order valence-electron chi connectivity index (χ0n) is 21.6. The highest BCUT2D eigenvalue weighted by Crippen LogP contribution is 2.32. The lowest BCUT2D eigenvalue weighted by atomic mass is 10.0. The molecule has 0 saturated heterocycles. The van der Waals surface area contributed by atoms with Crippen LogP contribution in [0, 0.1) is 0 Å². The molecule has 0 aliphatic carbocycles. The van der Waals surface area contributed by atoms with Crippen LogP contribution in [0.1, 0.15) is 49.0 Å². The number of fused-ring (bicyclic) bond motifs is 1. The van der Waals surface area contributed by atoms with E-state index in [1.807, 2.05) is 41.3 Å². The van der Waals surface area contributed by atoms with Crippen LogP contribution in [0.15, 0.2) is 88.3 Å². The first-order valence-electron chi connectivity index (χ1n) is 12.7. The molecule has 3 aromatic rings. The van der Waals surface area contributed by atoms with Crippen molar-refractivity contribution in [2.45, 2.75) is 38.0 Å². The van der Waals surface area contributed by atoms with Crippen LogP contribution in [-0.4, -0.2) is 39.8 Å². The van der Waals surface area contributed by atoms with Gasteiger partial charge in [-0.05, 0) is 60.4 Å². The Morgan fingerprint density at radius 1 is 0.947 bits per heavy atom. The number of benzene rings is 3. The quantitative estimate of drug-likeness (QED) is 0.397. The number of carbonyl (C=O) groups excluding carboxylic acids is 2. The predicted octanol–water partition coefficient (Wildman–Crippen LogP) is 5.23. The first-order chi connectivity index (χ1) is 18.4. The van der Waals surface area contributed by atoms with E-state index in [1.165, 1.54) is 0 Å². The summed E-state index contributed by atoms with van der Waals surface area (Å²) >= 11 is 0. The van der Waals surface area contributed by atoms with Gasteiger partial charge in [0.25, 0.3) is 5.91 Å². The van der Waals surface area contributed by atoms with Gasteiger partial charge in [-0.1, -0.05) is 56.3 Å². The highest BCUT2D eigenvalue weighted by molar-refractivity contribution is 7.83. The number of carbonyl (C=O) groups is 2. The van der Waals surface area contributed by atoms with E-state index in [-0.39, 0.29) is 5.91 Å². The molecule has 0 saturated carbocycles. The maximum absolute atomic E-state index is 13.2. The molecule has 7 nitrogen and oxygen atoms in total. The molecule has 3 N–H and O–H groups in total. The molecule has 2 amide bonds. The molecule has 0 bridgehead atoms. The molecular weight excluding hydrogens is 496 g/mol. The first kappa shape index (κ1) is 27.0. The highest BCUT2D eigenvalue weighted by atomic mass is 32.2. The molecule has 0 fully saturated rings. The Morgan fingerprint density at radius 2 is 1.66 bits per heavy atom. The van der Waals surface area contributed by atoms with Crippen molar-refractivity contribution >= 4 is 40.4 Å². The van der Waals surface area contributed by atoms with E-state index in [0.717, 1.165) is 29.5 Å². The minimum Gasteiger partial charge on any atom is -0.387 e. The summed E-state index contributed by atoms with van der Waals surface area (Å²) in [4.78, 5) is 32.6. The summed E-state index contributed by atoms with van der Waals surface area (Å²) in [5.41, 5.74) is 10.5. The Labute approximate surface area is 226 Å². The van der Waals surface area contributed by atoms with Crippen molar-refractivity contribution in [1.82, 2.24) is 9.62 Å². The Kier molecular flexibility index (Phi) is 8.86. The molecule has 0 spiro atoms. The standard InChI is InChI=1S/C30H32N4O3S/c1-3-15-34(16-4-2)30(36)25-17-24-14-13-23(19-27(24)32-28(31)20-25)22-11-8-12-26(18-22)38(37)33-29(35)21-9-6-5-7-10-21/h5-14,17-19H,3-4,15-16,20H2,1-2H3,(H2,31,32)(H,33,35). The fourth-order valence-electron chi connectivity index (χ4n) is 4.35. The number of nitrogens with zero attached hydrogens (tertiary/aromatic N) is 2. The van der Waals surface area contributed by atoms with Gasteiger partial charge in [-0.3, -0.25) is 14.3 Å². The minimum atomic E-state index is -1.73. The number of amides is 2. The predicted molar refractivity (Wildman–Crippen MR) is 153 cm³/mol. The third-order valence-electron chi connectivity index (χ3n) is 6.15. The van der Waals surface area contributed by atoms with Crippen LogP contribution in [0.4, 0.5) is 5.69 Å². The SMILES string of the molecule is CCCN(CCC)C(=O)C1=Cc2ccc(-c3cccc(S(=O)NC(=O)c4ccccc4)c3)cc2N=C(N)C1. The molecular formula is C30H32N4O3S. The van der Waals surface area contributed by atoms with E-state index in [2.05, 4.69) is 23.6 Å². The van der Waals surface area contributed by atoms with Crippen LogP contribution < -0.4 is 10.5 Å². The molecule has 38 heavy (non-hydrogen) atoms. The lowest BCUT2D eigenvalue weighted by Crippen LogP contribution is -2.34. The highest BCUT2D eigenvalue weighted by Gasteiger charge is 2.21. The average molecular weight is 529 g/mol. The third kappa shape index (κ3) is 6.44. The zero-order valence-corrected chi connectivity index (χ0v) is 22.5. The van der Waals surface area contributed by atoms with Gasteiger partial charge >= 0.3 is 0 Å². The Balaban J connectivity index is 1.59. The van der Waals surface area contributed by atoms with Crippen molar-refractivity contribution in [3.05, 3.63) is 89.5 Å². The number of amidine groups is 1. The van der Waals surface area contributed by atoms with Crippen molar-refractivity contribution in [3.8, 4) is 11.1 Å². The van der Waals surface area contributed by atoms with Crippen molar-refractivity contribution in [2.75, 3.05) is 13.1 Å². The van der Waals surface area contributed by atoms with Crippen LogP contribution in [0.5, 0.6) is 0 Å². The van der Waals surface area contributed by atoms with Gasteiger partial charge in [-0.2, -0.15) is 0 Å². The van der Waals surface area contributed by atoms with Crippen molar-refractivity contribution in [1.29, 1.82) is 0 Å². The van der Waals surface area contributed by atoms with Gasteiger partial charge < -0.3 is 10.6 Å². The summed E-state index contributed by atoms with van der Waals surface area (Å²) in [6.07, 6.45) is 3.96. The second-order valence-electron chi connectivity index (χ2n) is 9.11. The van der Waals surface area contributed by atoms with Gasteiger partial charge in [0, 0.05) is 36.2 Å². The Hall–Kier alpha value is -4.04. The number of aliphatic imine (C=N–C) groups is 1. The van der Waals surface area contributed by atoms with Gasteiger partial charge in [0.15, 0.2) is 11.0 Å². The molecule has 1 aliphatic rings. The summed E-state index contributed by atoms with van der Waals surface area (Å²) < 4.78 is 15.4. The molecule has 1 atom stereocenters.